The quantitative estimate of drug-likeness (QED) is 0.626. The summed E-state index contributed by atoms with van der Waals surface area (Å²) in [5.41, 5.74) is 0.508. The van der Waals surface area contributed by atoms with Gasteiger partial charge in [-0.3, -0.25) is 9.79 Å². The van der Waals surface area contributed by atoms with E-state index in [0.29, 0.717) is 12.3 Å². The number of carbonyl (C=O) groups is 1. The highest BCUT2D eigenvalue weighted by molar-refractivity contribution is 6.48. The van der Waals surface area contributed by atoms with E-state index in [4.69, 9.17) is 0 Å². The molecule has 0 unspecified atom stereocenters. The lowest BCUT2D eigenvalue weighted by Gasteiger charge is -2.02. The van der Waals surface area contributed by atoms with Gasteiger partial charge in [0.1, 0.15) is 5.71 Å². The fraction of sp³-hybridized carbons (Fsp3) is 0.273. The Morgan fingerprint density at radius 3 is 3.00 bits per heavy atom. The highest BCUT2D eigenvalue weighted by Gasteiger charge is 2.03. The normalized spacial score (nSPS) is 15.4. The van der Waals surface area contributed by atoms with E-state index < -0.39 is 0 Å². The minimum atomic E-state index is -0.0568. The zero-order chi connectivity index (χ0) is 10.4. The van der Waals surface area contributed by atoms with Crippen molar-refractivity contribution < 1.29 is 4.79 Å². The molecule has 3 nitrogen and oxygen atoms in total. The summed E-state index contributed by atoms with van der Waals surface area (Å²) in [6.07, 6.45) is 10.6. The first kappa shape index (κ1) is 10.4. The summed E-state index contributed by atoms with van der Waals surface area (Å²) in [5, 5.41) is 0. The number of aliphatic imine (C=N–C) groups is 1. The topological polar surface area (TPSA) is 32.7 Å². The number of allylic oxidation sites excluding steroid dienone is 4. The number of carbonyl (C=O) groups excluding carboxylic acids is 1. The van der Waals surface area contributed by atoms with Crippen LogP contribution in [0.4, 0.5) is 0 Å². The Morgan fingerprint density at radius 1 is 1.50 bits per heavy atom. The molecule has 0 aliphatic carbocycles. The molecule has 0 N–H and O–H groups in total. The summed E-state index contributed by atoms with van der Waals surface area (Å²) in [7, 11) is 3.74. The third kappa shape index (κ3) is 3.39. The van der Waals surface area contributed by atoms with Crippen LogP contribution in [0.5, 0.6) is 0 Å². The van der Waals surface area contributed by atoms with Gasteiger partial charge >= 0.3 is 0 Å². The maximum Gasteiger partial charge on any atom is 0.205 e. The van der Waals surface area contributed by atoms with Gasteiger partial charge < -0.3 is 4.90 Å². The Labute approximate surface area is 84.1 Å². The molecule has 1 aliphatic heterocycles. The summed E-state index contributed by atoms with van der Waals surface area (Å²) in [5.74, 6) is -0.0568. The summed E-state index contributed by atoms with van der Waals surface area (Å²) < 4.78 is 0. The fourth-order valence-corrected chi connectivity index (χ4v) is 0.952. The standard InChI is InChI=1S/C11H14N2O/c1-13(2)9-7-11(14)10-6-4-3-5-8-12-10/h3-7,9H,8H2,1-2H3/b9-7+. The molecule has 0 fully saturated rings. The van der Waals surface area contributed by atoms with Gasteiger partial charge in [-0.25, -0.2) is 0 Å². The second-order valence-electron chi connectivity index (χ2n) is 3.16. The molecule has 1 rings (SSSR count). The van der Waals surface area contributed by atoms with Crippen LogP contribution in [-0.4, -0.2) is 37.0 Å². The predicted octanol–water partition coefficient (Wildman–Crippen LogP) is 1.20. The van der Waals surface area contributed by atoms with Crippen molar-refractivity contribution in [2.45, 2.75) is 0 Å². The van der Waals surface area contributed by atoms with Gasteiger partial charge in [0.2, 0.25) is 5.78 Å². The molecule has 14 heavy (non-hydrogen) atoms. The maximum absolute atomic E-state index is 11.5. The SMILES string of the molecule is CN(C)/C=C/C(=O)C1=NCC=CC=C1. The third-order valence-electron chi connectivity index (χ3n) is 1.64. The van der Waals surface area contributed by atoms with Gasteiger partial charge in [-0.2, -0.15) is 0 Å². The predicted molar refractivity (Wildman–Crippen MR) is 58.4 cm³/mol. The Balaban J connectivity index is 2.65. The molecule has 1 heterocycles. The first-order valence-corrected chi connectivity index (χ1v) is 4.47. The molecule has 0 amide bonds. The van der Waals surface area contributed by atoms with Gasteiger partial charge in [0.05, 0.1) is 6.54 Å². The highest BCUT2D eigenvalue weighted by Crippen LogP contribution is 1.94. The van der Waals surface area contributed by atoms with Crippen molar-refractivity contribution in [2.24, 2.45) is 4.99 Å². The summed E-state index contributed by atoms with van der Waals surface area (Å²) in [6.45, 7) is 0.573. The van der Waals surface area contributed by atoms with Crippen molar-refractivity contribution in [3.05, 3.63) is 36.6 Å². The first-order valence-electron chi connectivity index (χ1n) is 4.47. The van der Waals surface area contributed by atoms with Crippen LogP contribution in [0.15, 0.2) is 41.6 Å². The van der Waals surface area contributed by atoms with Crippen LogP contribution in [0.1, 0.15) is 0 Å². The van der Waals surface area contributed by atoms with Crippen molar-refractivity contribution in [3.8, 4) is 0 Å². The van der Waals surface area contributed by atoms with Crippen molar-refractivity contribution in [2.75, 3.05) is 20.6 Å². The number of nitrogens with zero attached hydrogens (tertiary/aromatic N) is 2. The molecule has 0 saturated heterocycles. The van der Waals surface area contributed by atoms with E-state index in [1.54, 1.807) is 12.3 Å². The van der Waals surface area contributed by atoms with Gasteiger partial charge in [0, 0.05) is 26.4 Å². The van der Waals surface area contributed by atoms with E-state index in [2.05, 4.69) is 4.99 Å². The number of ketones is 1. The minimum absolute atomic E-state index is 0.0568. The van der Waals surface area contributed by atoms with Gasteiger partial charge in [-0.1, -0.05) is 18.2 Å². The molecule has 0 bridgehead atoms. The van der Waals surface area contributed by atoms with E-state index in [-0.39, 0.29) is 5.78 Å². The Bertz CT molecular complexity index is 322. The minimum Gasteiger partial charge on any atom is -0.383 e. The lowest BCUT2D eigenvalue weighted by molar-refractivity contribution is -0.108. The van der Waals surface area contributed by atoms with E-state index >= 15 is 0 Å². The van der Waals surface area contributed by atoms with Crippen molar-refractivity contribution in [1.82, 2.24) is 4.90 Å². The van der Waals surface area contributed by atoms with E-state index in [1.165, 1.54) is 6.08 Å². The molecular formula is C11H14N2O. The number of rotatable bonds is 3. The lowest BCUT2D eigenvalue weighted by atomic mass is 10.2. The van der Waals surface area contributed by atoms with E-state index in [0.717, 1.165) is 0 Å². The van der Waals surface area contributed by atoms with E-state index in [1.807, 2.05) is 37.2 Å². The van der Waals surface area contributed by atoms with Crippen LogP contribution >= 0.6 is 0 Å². The smallest absolute Gasteiger partial charge is 0.205 e. The van der Waals surface area contributed by atoms with Crippen LogP contribution in [-0.2, 0) is 4.79 Å². The number of hydrogen-bond donors (Lipinski definition) is 0. The molecule has 0 atom stereocenters. The fourth-order valence-electron chi connectivity index (χ4n) is 0.952. The molecule has 0 aromatic heterocycles. The lowest BCUT2D eigenvalue weighted by Crippen LogP contribution is -2.10. The van der Waals surface area contributed by atoms with Gasteiger partial charge in [-0.05, 0) is 6.08 Å². The molecule has 3 heteroatoms. The van der Waals surface area contributed by atoms with Crippen molar-refractivity contribution >= 4 is 11.5 Å². The summed E-state index contributed by atoms with van der Waals surface area (Å²) in [6, 6.07) is 0. The number of hydrogen-bond acceptors (Lipinski definition) is 3. The zero-order valence-corrected chi connectivity index (χ0v) is 8.47. The zero-order valence-electron chi connectivity index (χ0n) is 8.47. The third-order valence-corrected chi connectivity index (χ3v) is 1.64. The van der Waals surface area contributed by atoms with Crippen LogP contribution in [0.3, 0.4) is 0 Å². The Hall–Kier alpha value is -1.64. The average molecular weight is 190 g/mol. The van der Waals surface area contributed by atoms with Crippen LogP contribution < -0.4 is 0 Å². The molecule has 1 aliphatic rings. The summed E-state index contributed by atoms with van der Waals surface area (Å²) in [4.78, 5) is 17.5. The van der Waals surface area contributed by atoms with Gasteiger partial charge in [0.15, 0.2) is 0 Å². The van der Waals surface area contributed by atoms with Crippen molar-refractivity contribution in [3.63, 3.8) is 0 Å². The molecule has 0 saturated carbocycles. The molecular weight excluding hydrogens is 176 g/mol. The van der Waals surface area contributed by atoms with Gasteiger partial charge in [0.25, 0.3) is 0 Å². The molecule has 0 aromatic carbocycles. The summed E-state index contributed by atoms with van der Waals surface area (Å²) >= 11 is 0. The van der Waals surface area contributed by atoms with Crippen LogP contribution in [0, 0.1) is 0 Å². The van der Waals surface area contributed by atoms with Crippen LogP contribution in [0.2, 0.25) is 0 Å². The molecule has 74 valence electrons. The second kappa shape index (κ2) is 5.17. The maximum atomic E-state index is 11.5. The molecule has 0 spiro atoms. The van der Waals surface area contributed by atoms with E-state index in [9.17, 15) is 4.79 Å². The average Bonchev–Trinajstić information content (AvgIpc) is 2.42. The second-order valence-corrected chi connectivity index (χ2v) is 3.16. The Kier molecular flexibility index (Phi) is 3.85. The van der Waals surface area contributed by atoms with Gasteiger partial charge in [-0.15, -0.1) is 0 Å². The Morgan fingerprint density at radius 2 is 2.29 bits per heavy atom. The first-order chi connectivity index (χ1) is 6.70. The largest absolute Gasteiger partial charge is 0.383 e. The molecule has 0 aromatic rings. The molecule has 0 radical (unpaired) electrons. The monoisotopic (exact) mass is 190 g/mol. The van der Waals surface area contributed by atoms with Crippen LogP contribution in [0.25, 0.3) is 0 Å². The highest BCUT2D eigenvalue weighted by atomic mass is 16.1. The van der Waals surface area contributed by atoms with Crippen molar-refractivity contribution in [1.29, 1.82) is 0 Å².